The summed E-state index contributed by atoms with van der Waals surface area (Å²) in [5.41, 5.74) is 0. The predicted molar refractivity (Wildman–Crippen MR) is 46.7 cm³/mol. The topological polar surface area (TPSA) is 12.0 Å². The van der Waals surface area contributed by atoms with Crippen molar-refractivity contribution in [2.24, 2.45) is 0 Å². The molecule has 9 heavy (non-hydrogen) atoms. The first kappa shape index (κ1) is 9.60. The molecule has 0 unspecified atom stereocenters. The number of halogens is 1. The van der Waals surface area contributed by atoms with E-state index < -0.39 is 0 Å². The Balaban J connectivity index is 0.000000640. The van der Waals surface area contributed by atoms with Gasteiger partial charge in [-0.15, -0.1) is 12.4 Å². The first-order valence-corrected chi connectivity index (χ1v) is 4.34. The number of hydrogen-bond donors (Lipinski definition) is 1. The minimum Gasteiger partial charge on any atom is -0.317 e. The van der Waals surface area contributed by atoms with Gasteiger partial charge in [0.05, 0.1) is 0 Å². The Morgan fingerprint density at radius 1 is 1.33 bits per heavy atom. The van der Waals surface area contributed by atoms with Crippen molar-refractivity contribution in [2.75, 3.05) is 18.6 Å². The van der Waals surface area contributed by atoms with E-state index in [1.165, 1.54) is 24.3 Å². The van der Waals surface area contributed by atoms with Gasteiger partial charge < -0.3 is 5.32 Å². The van der Waals surface area contributed by atoms with Crippen LogP contribution < -0.4 is 5.32 Å². The van der Waals surface area contributed by atoms with Crippen LogP contribution in [0.25, 0.3) is 0 Å². The summed E-state index contributed by atoms with van der Waals surface area (Å²) >= 11 is 2.07. The van der Waals surface area contributed by atoms with Gasteiger partial charge in [0.15, 0.2) is 0 Å². The van der Waals surface area contributed by atoms with E-state index in [1.807, 2.05) is 0 Å². The fourth-order valence-corrected chi connectivity index (χ4v) is 2.09. The summed E-state index contributed by atoms with van der Waals surface area (Å²) in [4.78, 5) is 0. The lowest BCUT2D eigenvalue weighted by molar-refractivity contribution is 0.528. The maximum atomic E-state index is 3.29. The number of hydrogen-bond acceptors (Lipinski definition) is 2. The quantitative estimate of drug-likeness (QED) is 0.636. The van der Waals surface area contributed by atoms with Crippen molar-refractivity contribution in [2.45, 2.75) is 18.9 Å². The molecular formula is C6H14ClNS. The fourth-order valence-electron chi connectivity index (χ4n) is 0.986. The summed E-state index contributed by atoms with van der Waals surface area (Å²) < 4.78 is 0. The molecule has 0 aliphatic carbocycles. The molecule has 1 rings (SSSR count). The van der Waals surface area contributed by atoms with Gasteiger partial charge in [0.2, 0.25) is 0 Å². The molecule has 0 amide bonds. The van der Waals surface area contributed by atoms with E-state index in [1.54, 1.807) is 0 Å². The van der Waals surface area contributed by atoms with Crippen molar-refractivity contribution < 1.29 is 0 Å². The van der Waals surface area contributed by atoms with Gasteiger partial charge in [-0.3, -0.25) is 0 Å². The molecule has 1 heterocycles. The van der Waals surface area contributed by atoms with Crippen LogP contribution in [0.4, 0.5) is 0 Å². The van der Waals surface area contributed by atoms with Gasteiger partial charge >= 0.3 is 0 Å². The van der Waals surface area contributed by atoms with Crippen LogP contribution in [0.5, 0.6) is 0 Å². The number of thioether (sulfide) groups is 1. The molecule has 1 N–H and O–H groups in total. The summed E-state index contributed by atoms with van der Waals surface area (Å²) in [5.74, 6) is 2.71. The van der Waals surface area contributed by atoms with Crippen LogP contribution in [-0.2, 0) is 0 Å². The average Bonchev–Trinajstić information content (AvgIpc) is 1.90. The van der Waals surface area contributed by atoms with Crippen molar-refractivity contribution in [3.63, 3.8) is 0 Å². The summed E-state index contributed by atoms with van der Waals surface area (Å²) in [6.07, 6.45) is 2.72. The highest BCUT2D eigenvalue weighted by molar-refractivity contribution is 7.99. The molecule has 3 heteroatoms. The largest absolute Gasteiger partial charge is 0.317 e. The van der Waals surface area contributed by atoms with Gasteiger partial charge in [-0.05, 0) is 31.4 Å². The summed E-state index contributed by atoms with van der Waals surface area (Å²) in [6, 6.07) is 0.816. The van der Waals surface area contributed by atoms with Crippen molar-refractivity contribution in [1.82, 2.24) is 5.32 Å². The van der Waals surface area contributed by atoms with Gasteiger partial charge in [-0.1, -0.05) is 0 Å². The average molecular weight is 168 g/mol. The predicted octanol–water partition coefficient (Wildman–Crippen LogP) is 1.52. The third kappa shape index (κ3) is 3.33. The maximum Gasteiger partial charge on any atom is 0.00797 e. The molecule has 0 aromatic heterocycles. The van der Waals surface area contributed by atoms with Gasteiger partial charge in [0.25, 0.3) is 0 Å². The van der Waals surface area contributed by atoms with Crippen molar-refractivity contribution in [3.05, 3.63) is 0 Å². The first-order valence-electron chi connectivity index (χ1n) is 3.18. The lowest BCUT2D eigenvalue weighted by atomic mass is 10.2. The second-order valence-corrected chi connectivity index (χ2v) is 3.40. The Hall–Kier alpha value is 0.600. The molecule has 0 bridgehead atoms. The lowest BCUT2D eigenvalue weighted by Crippen LogP contribution is -2.28. The SMILES string of the molecule is CNC1CCSCC1.Cl. The first-order chi connectivity index (χ1) is 3.93. The Bertz CT molecular complexity index is 64.1. The summed E-state index contributed by atoms with van der Waals surface area (Å²) in [5, 5.41) is 3.29. The van der Waals surface area contributed by atoms with Gasteiger partial charge in [-0.25, -0.2) is 0 Å². The summed E-state index contributed by atoms with van der Waals surface area (Å²) in [6.45, 7) is 0. The zero-order chi connectivity index (χ0) is 5.82. The molecule has 0 atom stereocenters. The van der Waals surface area contributed by atoms with Crippen molar-refractivity contribution in [3.8, 4) is 0 Å². The Morgan fingerprint density at radius 3 is 2.22 bits per heavy atom. The Morgan fingerprint density at radius 2 is 1.89 bits per heavy atom. The van der Waals surface area contributed by atoms with Gasteiger partial charge in [0.1, 0.15) is 0 Å². The van der Waals surface area contributed by atoms with E-state index in [-0.39, 0.29) is 12.4 Å². The van der Waals surface area contributed by atoms with Gasteiger partial charge in [0, 0.05) is 6.04 Å². The minimum atomic E-state index is 0. The Labute approximate surface area is 67.4 Å². The second kappa shape index (κ2) is 5.39. The Kier molecular flexibility index (Phi) is 5.75. The smallest absolute Gasteiger partial charge is 0.00797 e. The van der Waals surface area contributed by atoms with Crippen molar-refractivity contribution >= 4 is 24.2 Å². The molecule has 0 saturated carbocycles. The molecule has 1 aliphatic heterocycles. The van der Waals surface area contributed by atoms with Crippen LogP contribution in [0.1, 0.15) is 12.8 Å². The van der Waals surface area contributed by atoms with Crippen LogP contribution in [0, 0.1) is 0 Å². The lowest BCUT2D eigenvalue weighted by Gasteiger charge is -2.19. The van der Waals surface area contributed by atoms with Crippen LogP contribution in [0.2, 0.25) is 0 Å². The molecule has 0 radical (unpaired) electrons. The van der Waals surface area contributed by atoms with Crippen molar-refractivity contribution in [1.29, 1.82) is 0 Å². The fraction of sp³-hybridized carbons (Fsp3) is 1.00. The maximum absolute atomic E-state index is 3.29. The molecule has 1 nitrogen and oxygen atoms in total. The minimum absolute atomic E-state index is 0. The van der Waals surface area contributed by atoms with Gasteiger partial charge in [-0.2, -0.15) is 11.8 Å². The van der Waals surface area contributed by atoms with E-state index in [4.69, 9.17) is 0 Å². The molecule has 0 aromatic carbocycles. The zero-order valence-corrected chi connectivity index (χ0v) is 7.36. The van der Waals surface area contributed by atoms with E-state index in [9.17, 15) is 0 Å². The van der Waals surface area contributed by atoms with Crippen LogP contribution in [-0.4, -0.2) is 24.6 Å². The molecule has 1 saturated heterocycles. The molecular weight excluding hydrogens is 154 g/mol. The second-order valence-electron chi connectivity index (χ2n) is 2.18. The third-order valence-corrected chi connectivity index (χ3v) is 2.68. The van der Waals surface area contributed by atoms with E-state index in [0.717, 1.165) is 6.04 Å². The highest BCUT2D eigenvalue weighted by Gasteiger charge is 2.09. The highest BCUT2D eigenvalue weighted by atomic mass is 35.5. The number of nitrogens with one attached hydrogen (secondary N) is 1. The van der Waals surface area contributed by atoms with E-state index >= 15 is 0 Å². The summed E-state index contributed by atoms with van der Waals surface area (Å²) in [7, 11) is 2.06. The molecule has 1 fully saturated rings. The molecule has 0 aromatic rings. The van der Waals surface area contributed by atoms with E-state index in [0.29, 0.717) is 0 Å². The van der Waals surface area contributed by atoms with E-state index in [2.05, 4.69) is 24.1 Å². The highest BCUT2D eigenvalue weighted by Crippen LogP contribution is 2.15. The molecule has 0 spiro atoms. The standard InChI is InChI=1S/C6H13NS.ClH/c1-7-6-2-4-8-5-3-6;/h6-7H,2-5H2,1H3;1H. The van der Waals surface area contributed by atoms with Crippen LogP contribution >= 0.6 is 24.2 Å². The van der Waals surface area contributed by atoms with Crippen LogP contribution in [0.3, 0.4) is 0 Å². The zero-order valence-electron chi connectivity index (χ0n) is 5.72. The number of rotatable bonds is 1. The van der Waals surface area contributed by atoms with Crippen LogP contribution in [0.15, 0.2) is 0 Å². The normalized spacial score (nSPS) is 21.0. The monoisotopic (exact) mass is 167 g/mol. The molecule has 56 valence electrons. The third-order valence-electron chi connectivity index (χ3n) is 1.63. The molecule has 1 aliphatic rings.